The minimum absolute atomic E-state index is 0.0265. The Morgan fingerprint density at radius 1 is 1.11 bits per heavy atom. The van der Waals surface area contributed by atoms with Crippen LogP contribution in [0.15, 0.2) is 30.0 Å². The minimum atomic E-state index is -2.59. The maximum Gasteiger partial charge on any atom is 0.268 e. The maximum absolute atomic E-state index is 12.6. The number of thiazole rings is 1. The highest BCUT2D eigenvalue weighted by Gasteiger charge is 2.22. The third-order valence-corrected chi connectivity index (χ3v) is 4.17. The zero-order valence-corrected chi connectivity index (χ0v) is 15.0. The predicted molar refractivity (Wildman–Crippen MR) is 93.4 cm³/mol. The largest absolute Gasteiger partial charge is 0.480 e. The molecule has 0 radical (unpaired) electrons. The zero-order valence-electron chi connectivity index (χ0n) is 14.1. The Kier molecular flexibility index (Phi) is 5.50. The summed E-state index contributed by atoms with van der Waals surface area (Å²) in [7, 11) is 2.74. The second-order valence-electron chi connectivity index (χ2n) is 5.04. The highest BCUT2D eigenvalue weighted by molar-refractivity contribution is 7.14. The van der Waals surface area contributed by atoms with Crippen molar-refractivity contribution >= 4 is 22.4 Å². The van der Waals surface area contributed by atoms with Crippen molar-refractivity contribution in [3.05, 3.63) is 41.2 Å². The van der Waals surface area contributed by atoms with E-state index in [9.17, 15) is 13.6 Å². The van der Waals surface area contributed by atoms with E-state index in [1.54, 1.807) is 5.38 Å². The van der Waals surface area contributed by atoms with E-state index in [2.05, 4.69) is 25.3 Å². The number of carbonyl (C=O) groups excluding carboxylic acids is 1. The normalized spacial score (nSPS) is 10.7. The molecule has 3 rings (SSSR count). The number of nitrogens with zero attached hydrogens (tertiary/aromatic N) is 4. The van der Waals surface area contributed by atoms with Crippen LogP contribution in [0, 0.1) is 0 Å². The first kappa shape index (κ1) is 18.6. The van der Waals surface area contributed by atoms with Crippen molar-refractivity contribution in [3.8, 4) is 23.1 Å². The van der Waals surface area contributed by atoms with Gasteiger partial charge in [0, 0.05) is 17.1 Å². The Balaban J connectivity index is 1.81. The number of hydrogen-bond acceptors (Lipinski definition) is 8. The van der Waals surface area contributed by atoms with Crippen molar-refractivity contribution in [1.82, 2.24) is 19.9 Å². The molecule has 3 heterocycles. The van der Waals surface area contributed by atoms with Crippen molar-refractivity contribution in [3.63, 3.8) is 0 Å². The highest BCUT2D eigenvalue weighted by atomic mass is 32.1. The van der Waals surface area contributed by atoms with Gasteiger partial charge in [0.05, 0.1) is 19.9 Å². The summed E-state index contributed by atoms with van der Waals surface area (Å²) in [6.45, 7) is 0. The number of alkyl halides is 2. The number of aromatic nitrogens is 4. The number of pyridine rings is 1. The van der Waals surface area contributed by atoms with Crippen LogP contribution in [0.25, 0.3) is 11.4 Å². The van der Waals surface area contributed by atoms with Crippen LogP contribution in [-0.4, -0.2) is 40.1 Å². The quantitative estimate of drug-likeness (QED) is 0.686. The van der Waals surface area contributed by atoms with E-state index in [-0.39, 0.29) is 28.0 Å². The van der Waals surface area contributed by atoms with Gasteiger partial charge in [-0.15, -0.1) is 11.3 Å². The molecule has 0 saturated carbocycles. The van der Waals surface area contributed by atoms with E-state index in [0.717, 1.165) is 17.5 Å². The summed E-state index contributed by atoms with van der Waals surface area (Å²) in [6.07, 6.45) is -0.283. The molecule has 8 nitrogen and oxygen atoms in total. The number of ether oxygens (including phenoxy) is 2. The van der Waals surface area contributed by atoms with Gasteiger partial charge in [-0.3, -0.25) is 15.1 Å². The van der Waals surface area contributed by atoms with Gasteiger partial charge >= 0.3 is 0 Å². The fourth-order valence-corrected chi connectivity index (χ4v) is 2.85. The molecule has 140 valence electrons. The van der Waals surface area contributed by atoms with Gasteiger partial charge in [0.25, 0.3) is 12.3 Å². The first-order chi connectivity index (χ1) is 13.0. The summed E-state index contributed by atoms with van der Waals surface area (Å²) in [5, 5.41) is 4.54. The molecule has 0 bridgehead atoms. The number of amides is 1. The lowest BCUT2D eigenvalue weighted by molar-refractivity contribution is 0.101. The number of carbonyl (C=O) groups is 1. The van der Waals surface area contributed by atoms with Gasteiger partial charge in [-0.25, -0.2) is 23.7 Å². The van der Waals surface area contributed by atoms with Gasteiger partial charge in [-0.1, -0.05) is 0 Å². The molecule has 1 N–H and O–H groups in total. The SMILES string of the molecule is COc1ncnc(OC)c1C(=O)Nc1nc(-c2ccc(C(F)F)cn2)cs1. The second-order valence-corrected chi connectivity index (χ2v) is 5.89. The lowest BCUT2D eigenvalue weighted by Crippen LogP contribution is -2.16. The molecule has 3 aromatic rings. The standard InChI is InChI=1S/C16H13F2N5O3S/c1-25-14-11(15(26-2)21-7-20-14)13(24)23-16-22-10(6-27-16)9-4-3-8(5-19-9)12(17)18/h3-7,12H,1-2H3,(H,22,23,24). The Hall–Kier alpha value is -3.21. The smallest absolute Gasteiger partial charge is 0.268 e. The Morgan fingerprint density at radius 3 is 2.37 bits per heavy atom. The zero-order chi connectivity index (χ0) is 19.4. The van der Waals surface area contributed by atoms with E-state index < -0.39 is 12.3 Å². The monoisotopic (exact) mass is 393 g/mol. The first-order valence-electron chi connectivity index (χ1n) is 7.47. The van der Waals surface area contributed by atoms with Gasteiger partial charge in [0.1, 0.15) is 12.0 Å². The van der Waals surface area contributed by atoms with Crippen LogP contribution in [0.4, 0.5) is 13.9 Å². The molecule has 0 aromatic carbocycles. The molecule has 0 spiro atoms. The minimum Gasteiger partial charge on any atom is -0.480 e. The van der Waals surface area contributed by atoms with Gasteiger partial charge in [-0.2, -0.15) is 0 Å². The third-order valence-electron chi connectivity index (χ3n) is 3.42. The number of anilines is 1. The Morgan fingerprint density at radius 2 is 1.81 bits per heavy atom. The number of hydrogen-bond donors (Lipinski definition) is 1. The van der Waals surface area contributed by atoms with Crippen LogP contribution in [0.1, 0.15) is 22.3 Å². The number of methoxy groups -OCH3 is 2. The molecule has 1 amide bonds. The number of rotatable bonds is 6. The van der Waals surface area contributed by atoms with E-state index in [1.165, 1.54) is 32.7 Å². The molecule has 0 saturated heterocycles. The number of halogens is 2. The van der Waals surface area contributed by atoms with Gasteiger partial charge in [0.2, 0.25) is 11.8 Å². The lowest BCUT2D eigenvalue weighted by atomic mass is 10.2. The molecule has 0 atom stereocenters. The van der Waals surface area contributed by atoms with Crippen LogP contribution in [0.5, 0.6) is 11.8 Å². The third kappa shape index (κ3) is 3.97. The fraction of sp³-hybridized carbons (Fsp3) is 0.188. The molecule has 0 aliphatic rings. The van der Waals surface area contributed by atoms with Crippen LogP contribution in [-0.2, 0) is 0 Å². The van der Waals surface area contributed by atoms with Crippen molar-refractivity contribution in [2.45, 2.75) is 6.43 Å². The van der Waals surface area contributed by atoms with Crippen molar-refractivity contribution in [2.24, 2.45) is 0 Å². The van der Waals surface area contributed by atoms with Crippen LogP contribution < -0.4 is 14.8 Å². The topological polar surface area (TPSA) is 99.1 Å². The summed E-state index contributed by atoms with van der Waals surface area (Å²) >= 11 is 1.15. The van der Waals surface area contributed by atoms with Gasteiger partial charge in [0.15, 0.2) is 10.7 Å². The summed E-state index contributed by atoms with van der Waals surface area (Å²) in [5.41, 5.74) is 0.707. The Labute approximate surface area is 156 Å². The molecule has 0 aliphatic heterocycles. The molecular formula is C16H13F2N5O3S. The second kappa shape index (κ2) is 7.99. The van der Waals surface area contributed by atoms with E-state index in [1.807, 2.05) is 0 Å². The van der Waals surface area contributed by atoms with Crippen LogP contribution >= 0.6 is 11.3 Å². The molecule has 27 heavy (non-hydrogen) atoms. The van der Waals surface area contributed by atoms with Crippen molar-refractivity contribution in [1.29, 1.82) is 0 Å². The van der Waals surface area contributed by atoms with E-state index >= 15 is 0 Å². The average Bonchev–Trinajstić information content (AvgIpc) is 3.15. The fourth-order valence-electron chi connectivity index (χ4n) is 2.15. The van der Waals surface area contributed by atoms with Gasteiger partial charge in [-0.05, 0) is 12.1 Å². The first-order valence-corrected chi connectivity index (χ1v) is 8.35. The molecule has 0 fully saturated rings. The van der Waals surface area contributed by atoms with Crippen LogP contribution in [0.2, 0.25) is 0 Å². The average molecular weight is 393 g/mol. The van der Waals surface area contributed by atoms with Crippen molar-refractivity contribution < 1.29 is 23.0 Å². The summed E-state index contributed by atoms with van der Waals surface area (Å²) in [5.74, 6) is -0.452. The summed E-state index contributed by atoms with van der Waals surface area (Å²) < 4.78 is 35.3. The van der Waals surface area contributed by atoms with Gasteiger partial charge < -0.3 is 9.47 Å². The predicted octanol–water partition coefficient (Wildman–Crippen LogP) is 3.20. The van der Waals surface area contributed by atoms with Crippen LogP contribution in [0.3, 0.4) is 0 Å². The van der Waals surface area contributed by atoms with E-state index in [4.69, 9.17) is 9.47 Å². The lowest BCUT2D eigenvalue weighted by Gasteiger charge is -2.09. The molecule has 0 unspecified atom stereocenters. The molecule has 3 aromatic heterocycles. The summed E-state index contributed by atoms with van der Waals surface area (Å²) in [6, 6.07) is 2.72. The highest BCUT2D eigenvalue weighted by Crippen LogP contribution is 2.28. The summed E-state index contributed by atoms with van der Waals surface area (Å²) in [4.78, 5) is 28.5. The number of nitrogens with one attached hydrogen (secondary N) is 1. The molecule has 0 aliphatic carbocycles. The molecule has 11 heteroatoms. The molecular weight excluding hydrogens is 380 g/mol. The maximum atomic E-state index is 12.6. The Bertz CT molecular complexity index is 927. The van der Waals surface area contributed by atoms with E-state index in [0.29, 0.717) is 11.4 Å². The van der Waals surface area contributed by atoms with Crippen molar-refractivity contribution in [2.75, 3.05) is 19.5 Å².